The smallest absolute Gasteiger partial charge is 0.247 e. The van der Waals surface area contributed by atoms with Gasteiger partial charge in [0.25, 0.3) is 0 Å². The fourth-order valence-electron chi connectivity index (χ4n) is 3.75. The Morgan fingerprint density at radius 3 is 2.45 bits per heavy atom. The molecule has 0 aliphatic heterocycles. The van der Waals surface area contributed by atoms with Gasteiger partial charge in [-0.15, -0.1) is 0 Å². The van der Waals surface area contributed by atoms with Gasteiger partial charge in [0.05, 0.1) is 13.7 Å². The molecule has 1 aliphatic carbocycles. The third-order valence-electron chi connectivity index (χ3n) is 5.24. The number of nitrogens with one attached hydrogen (secondary N) is 1. The predicted molar refractivity (Wildman–Crippen MR) is 114 cm³/mol. The summed E-state index contributed by atoms with van der Waals surface area (Å²) in [5.41, 5.74) is 1.47. The number of hydrogen-bond donors (Lipinski definition) is 1. The Labute approximate surface area is 172 Å². The SMILES string of the molecule is COc1ccc(C)cc1S(=O)(=O)N(CC(=O)Nc1ccccc1)C1CCCCC1. The van der Waals surface area contributed by atoms with Crippen molar-refractivity contribution in [2.24, 2.45) is 0 Å². The average Bonchev–Trinajstić information content (AvgIpc) is 2.73. The van der Waals surface area contributed by atoms with E-state index in [1.54, 1.807) is 24.3 Å². The lowest BCUT2D eigenvalue weighted by molar-refractivity contribution is -0.116. The van der Waals surface area contributed by atoms with Crippen molar-refractivity contribution in [2.45, 2.75) is 50.0 Å². The minimum Gasteiger partial charge on any atom is -0.495 e. The Balaban J connectivity index is 1.92. The first kappa shape index (κ1) is 21.3. The highest BCUT2D eigenvalue weighted by Crippen LogP contribution is 2.32. The first-order valence-corrected chi connectivity index (χ1v) is 11.4. The second kappa shape index (κ2) is 9.41. The fraction of sp³-hybridized carbons (Fsp3) is 0.409. The lowest BCUT2D eigenvalue weighted by Gasteiger charge is -2.33. The van der Waals surface area contributed by atoms with Crippen LogP contribution in [-0.4, -0.2) is 38.3 Å². The number of ether oxygens (including phenoxy) is 1. The van der Waals surface area contributed by atoms with Crippen molar-refractivity contribution in [3.05, 3.63) is 54.1 Å². The predicted octanol–water partition coefficient (Wildman–Crippen LogP) is 3.97. The van der Waals surface area contributed by atoms with Gasteiger partial charge in [0.1, 0.15) is 10.6 Å². The van der Waals surface area contributed by atoms with Crippen molar-refractivity contribution in [1.82, 2.24) is 4.31 Å². The van der Waals surface area contributed by atoms with E-state index >= 15 is 0 Å². The number of carbonyl (C=O) groups excluding carboxylic acids is 1. The molecule has 0 bridgehead atoms. The number of benzene rings is 2. The number of nitrogens with zero attached hydrogens (tertiary/aromatic N) is 1. The van der Waals surface area contributed by atoms with Crippen molar-refractivity contribution < 1.29 is 17.9 Å². The minimum atomic E-state index is -3.91. The largest absolute Gasteiger partial charge is 0.495 e. The third kappa shape index (κ3) is 5.16. The highest BCUT2D eigenvalue weighted by molar-refractivity contribution is 7.89. The highest BCUT2D eigenvalue weighted by Gasteiger charge is 2.35. The number of amides is 1. The molecule has 1 saturated carbocycles. The second-order valence-electron chi connectivity index (χ2n) is 7.41. The van der Waals surface area contributed by atoms with Crippen LogP contribution in [0.5, 0.6) is 5.75 Å². The molecule has 0 heterocycles. The molecule has 1 aliphatic rings. The summed E-state index contributed by atoms with van der Waals surface area (Å²) in [5.74, 6) is -0.0585. The minimum absolute atomic E-state index is 0.109. The van der Waals surface area contributed by atoms with Crippen LogP contribution in [0, 0.1) is 6.92 Å². The number of rotatable bonds is 7. The molecule has 29 heavy (non-hydrogen) atoms. The topological polar surface area (TPSA) is 75.7 Å². The van der Waals surface area contributed by atoms with Crippen molar-refractivity contribution in [1.29, 1.82) is 0 Å². The molecule has 3 rings (SSSR count). The zero-order valence-electron chi connectivity index (χ0n) is 16.9. The zero-order valence-corrected chi connectivity index (χ0v) is 17.7. The Morgan fingerprint density at radius 2 is 1.79 bits per heavy atom. The summed E-state index contributed by atoms with van der Waals surface area (Å²) in [7, 11) is -2.45. The molecule has 0 radical (unpaired) electrons. The summed E-state index contributed by atoms with van der Waals surface area (Å²) in [5, 5.41) is 2.80. The molecule has 1 fully saturated rings. The Morgan fingerprint density at radius 1 is 1.10 bits per heavy atom. The molecular weight excluding hydrogens is 388 g/mol. The Bertz CT molecular complexity index is 939. The van der Waals surface area contributed by atoms with Gasteiger partial charge in [-0.1, -0.05) is 43.5 Å². The van der Waals surface area contributed by atoms with Gasteiger partial charge in [-0.3, -0.25) is 4.79 Å². The van der Waals surface area contributed by atoms with Crippen LogP contribution in [0.15, 0.2) is 53.4 Å². The highest BCUT2D eigenvalue weighted by atomic mass is 32.2. The van der Waals surface area contributed by atoms with Gasteiger partial charge in [-0.2, -0.15) is 4.31 Å². The molecule has 0 atom stereocenters. The molecule has 6 nitrogen and oxygen atoms in total. The quantitative estimate of drug-likeness (QED) is 0.741. The van der Waals surface area contributed by atoms with Crippen LogP contribution in [0.1, 0.15) is 37.7 Å². The number of hydrogen-bond acceptors (Lipinski definition) is 4. The molecule has 0 unspecified atom stereocenters. The van der Waals surface area contributed by atoms with Gasteiger partial charge in [0.2, 0.25) is 15.9 Å². The van der Waals surface area contributed by atoms with E-state index in [4.69, 9.17) is 4.74 Å². The normalized spacial score (nSPS) is 15.3. The maximum atomic E-state index is 13.6. The van der Waals surface area contributed by atoms with Gasteiger partial charge < -0.3 is 10.1 Å². The van der Waals surface area contributed by atoms with E-state index in [9.17, 15) is 13.2 Å². The van der Waals surface area contributed by atoms with E-state index in [1.807, 2.05) is 31.2 Å². The van der Waals surface area contributed by atoms with Gasteiger partial charge in [-0.05, 0) is 49.6 Å². The van der Waals surface area contributed by atoms with Crippen LogP contribution in [0.2, 0.25) is 0 Å². The molecular formula is C22H28N2O4S. The maximum Gasteiger partial charge on any atom is 0.247 e. The number of sulfonamides is 1. The molecule has 1 amide bonds. The van der Waals surface area contributed by atoms with Crippen LogP contribution in [0.4, 0.5) is 5.69 Å². The van der Waals surface area contributed by atoms with Crippen LogP contribution in [0.3, 0.4) is 0 Å². The summed E-state index contributed by atoms with van der Waals surface area (Å²) in [6.07, 6.45) is 4.52. The lowest BCUT2D eigenvalue weighted by Crippen LogP contribution is -2.45. The van der Waals surface area contributed by atoms with Crippen LogP contribution >= 0.6 is 0 Å². The molecule has 7 heteroatoms. The Kier molecular flexibility index (Phi) is 6.92. The van der Waals surface area contributed by atoms with E-state index in [0.29, 0.717) is 11.4 Å². The average molecular weight is 417 g/mol. The Hall–Kier alpha value is -2.38. The standard InChI is InChI=1S/C22H28N2O4S/c1-17-13-14-20(28-2)21(15-17)29(26,27)24(19-11-7-4-8-12-19)16-22(25)23-18-9-5-3-6-10-18/h3,5-6,9-10,13-15,19H,4,7-8,11-12,16H2,1-2H3,(H,23,25). The molecule has 2 aromatic rings. The number of anilines is 1. The number of carbonyl (C=O) groups is 1. The summed E-state index contributed by atoms with van der Waals surface area (Å²) in [4.78, 5) is 12.8. The zero-order chi connectivity index (χ0) is 20.9. The summed E-state index contributed by atoms with van der Waals surface area (Å²) in [6, 6.07) is 13.9. The summed E-state index contributed by atoms with van der Waals surface area (Å²) in [6.45, 7) is 1.62. The summed E-state index contributed by atoms with van der Waals surface area (Å²) < 4.78 is 33.9. The van der Waals surface area contributed by atoms with E-state index in [-0.39, 0.29) is 23.4 Å². The van der Waals surface area contributed by atoms with E-state index in [2.05, 4.69) is 5.32 Å². The fourth-order valence-corrected chi connectivity index (χ4v) is 5.64. The number of methoxy groups -OCH3 is 1. The monoisotopic (exact) mass is 416 g/mol. The van der Waals surface area contributed by atoms with Gasteiger partial charge >= 0.3 is 0 Å². The molecule has 2 aromatic carbocycles. The van der Waals surface area contributed by atoms with E-state index in [0.717, 1.165) is 37.7 Å². The maximum absolute atomic E-state index is 13.6. The first-order chi connectivity index (χ1) is 13.9. The van der Waals surface area contributed by atoms with Crippen molar-refractivity contribution >= 4 is 21.6 Å². The van der Waals surface area contributed by atoms with Crippen LogP contribution in [-0.2, 0) is 14.8 Å². The van der Waals surface area contributed by atoms with E-state index < -0.39 is 10.0 Å². The summed E-state index contributed by atoms with van der Waals surface area (Å²) >= 11 is 0. The first-order valence-electron chi connectivity index (χ1n) is 9.93. The van der Waals surface area contributed by atoms with Crippen LogP contribution in [0.25, 0.3) is 0 Å². The van der Waals surface area contributed by atoms with Gasteiger partial charge in [0.15, 0.2) is 0 Å². The van der Waals surface area contributed by atoms with Gasteiger partial charge in [0, 0.05) is 11.7 Å². The number of para-hydroxylation sites is 1. The third-order valence-corrected chi connectivity index (χ3v) is 7.16. The lowest BCUT2D eigenvalue weighted by atomic mass is 9.95. The van der Waals surface area contributed by atoms with Crippen molar-refractivity contribution in [3.8, 4) is 5.75 Å². The van der Waals surface area contributed by atoms with E-state index in [1.165, 1.54) is 11.4 Å². The van der Waals surface area contributed by atoms with Gasteiger partial charge in [-0.25, -0.2) is 8.42 Å². The van der Waals surface area contributed by atoms with Crippen LogP contribution < -0.4 is 10.1 Å². The van der Waals surface area contributed by atoms with Crippen molar-refractivity contribution in [2.75, 3.05) is 19.0 Å². The number of aryl methyl sites for hydroxylation is 1. The molecule has 0 spiro atoms. The molecule has 156 valence electrons. The second-order valence-corrected chi connectivity index (χ2v) is 9.27. The molecule has 0 aromatic heterocycles. The molecule has 1 N–H and O–H groups in total. The molecule has 0 saturated heterocycles. The van der Waals surface area contributed by atoms with Crippen molar-refractivity contribution in [3.63, 3.8) is 0 Å².